The van der Waals surface area contributed by atoms with Crippen molar-refractivity contribution in [3.8, 4) is 9.75 Å². The van der Waals surface area contributed by atoms with Gasteiger partial charge < -0.3 is 24.6 Å². The van der Waals surface area contributed by atoms with Gasteiger partial charge in [-0.3, -0.25) is 9.59 Å². The van der Waals surface area contributed by atoms with E-state index in [1.165, 1.54) is 11.3 Å². The van der Waals surface area contributed by atoms with Crippen LogP contribution in [0.2, 0.25) is 0 Å². The van der Waals surface area contributed by atoms with Crippen molar-refractivity contribution in [2.24, 2.45) is 5.41 Å². The molecule has 0 saturated carbocycles. The van der Waals surface area contributed by atoms with Gasteiger partial charge in [0, 0.05) is 55.7 Å². The van der Waals surface area contributed by atoms with Crippen LogP contribution in [0.1, 0.15) is 61.3 Å². The maximum absolute atomic E-state index is 13.8. The van der Waals surface area contributed by atoms with Crippen LogP contribution in [0.5, 0.6) is 0 Å². The van der Waals surface area contributed by atoms with Gasteiger partial charge in [-0.15, -0.1) is 22.7 Å². The number of thiophene rings is 2. The minimum Gasteiger partial charge on any atom is -0.462 e. The molecule has 7 rings (SSSR count). The molecule has 11 heteroatoms. The molecule has 6 heterocycles. The van der Waals surface area contributed by atoms with E-state index in [0.717, 1.165) is 65.7 Å². The van der Waals surface area contributed by atoms with Crippen molar-refractivity contribution in [3.05, 3.63) is 81.2 Å². The van der Waals surface area contributed by atoms with Crippen LogP contribution < -0.4 is 15.1 Å². The number of aryl methyl sites for hydroxylation is 1. The van der Waals surface area contributed by atoms with Gasteiger partial charge in [0.05, 0.1) is 27.6 Å². The van der Waals surface area contributed by atoms with Gasteiger partial charge in [-0.25, -0.2) is 9.78 Å². The van der Waals surface area contributed by atoms with Crippen molar-refractivity contribution in [1.82, 2.24) is 4.98 Å². The summed E-state index contributed by atoms with van der Waals surface area (Å²) in [6.07, 6.45) is 4.52. The van der Waals surface area contributed by atoms with Gasteiger partial charge in [0.15, 0.2) is 0 Å². The molecular weight excluding hydrogens is 609 g/mol. The lowest BCUT2D eigenvalue weighted by Crippen LogP contribution is -2.59. The van der Waals surface area contributed by atoms with Gasteiger partial charge in [-0.05, 0) is 92.1 Å². The second-order valence-electron chi connectivity index (χ2n) is 11.9. The molecule has 2 saturated heterocycles. The summed E-state index contributed by atoms with van der Waals surface area (Å²) >= 11 is 2.98. The summed E-state index contributed by atoms with van der Waals surface area (Å²) in [4.78, 5) is 50.9. The molecular formula is C34H34N4O5S2. The summed E-state index contributed by atoms with van der Waals surface area (Å²) in [6, 6.07) is 12.8. The first-order valence-electron chi connectivity index (χ1n) is 15.2. The zero-order chi connectivity index (χ0) is 31.1. The molecule has 0 radical (unpaired) electrons. The van der Waals surface area contributed by atoms with Crippen molar-refractivity contribution >= 4 is 57.6 Å². The third-order valence-electron chi connectivity index (χ3n) is 8.82. The fourth-order valence-corrected chi connectivity index (χ4v) is 8.62. The summed E-state index contributed by atoms with van der Waals surface area (Å²) in [5, 5.41) is 4.99. The molecule has 3 aromatic heterocycles. The summed E-state index contributed by atoms with van der Waals surface area (Å²) in [7, 11) is 0. The molecule has 232 valence electrons. The van der Waals surface area contributed by atoms with E-state index in [-0.39, 0.29) is 23.2 Å². The number of pyridine rings is 1. The zero-order valence-corrected chi connectivity index (χ0v) is 26.9. The Kier molecular flexibility index (Phi) is 7.93. The topological polar surface area (TPSA) is 101 Å². The largest absolute Gasteiger partial charge is 0.462 e. The van der Waals surface area contributed by atoms with E-state index in [2.05, 4.69) is 15.2 Å². The number of nitrogens with zero attached hydrogens (tertiary/aromatic N) is 3. The number of carbonyl (C=O) groups is 3. The molecule has 2 fully saturated rings. The first-order valence-corrected chi connectivity index (χ1v) is 16.9. The molecule has 0 bridgehead atoms. The normalized spacial score (nSPS) is 16.8. The molecule has 0 unspecified atom stereocenters. The molecule has 45 heavy (non-hydrogen) atoms. The number of aromatic nitrogens is 1. The van der Waals surface area contributed by atoms with Gasteiger partial charge in [-0.2, -0.15) is 0 Å². The van der Waals surface area contributed by atoms with Crippen LogP contribution in [-0.4, -0.2) is 62.2 Å². The van der Waals surface area contributed by atoms with Crippen LogP contribution in [0.15, 0.2) is 54.0 Å². The number of amides is 2. The van der Waals surface area contributed by atoms with Crippen LogP contribution in [0.4, 0.5) is 17.2 Å². The van der Waals surface area contributed by atoms with Crippen molar-refractivity contribution in [1.29, 1.82) is 0 Å². The number of esters is 1. The summed E-state index contributed by atoms with van der Waals surface area (Å²) < 4.78 is 10.8. The number of benzene rings is 1. The molecule has 9 nitrogen and oxygen atoms in total. The monoisotopic (exact) mass is 642 g/mol. The standard InChI is InChI=1S/C34H34N4O5S2/c1-3-43-33(41)27-17-23-8-12-38(26-9-15-44-29(26)28(23)45-27)32(40)22-4-6-24(7-5-22)36-31(39)25-16-21(2)18-35-30(25)37-19-34(20-37)10-13-42-14-11-34/h4-7,9,15-18H,3,8,10-14,19-20H2,1-2H3,(H,36,39). The third kappa shape index (κ3) is 5.64. The fourth-order valence-electron chi connectivity index (χ4n) is 6.42. The van der Waals surface area contributed by atoms with Gasteiger partial charge in [0.25, 0.3) is 11.8 Å². The average molecular weight is 643 g/mol. The second kappa shape index (κ2) is 12.0. The Morgan fingerprint density at radius 3 is 2.60 bits per heavy atom. The Balaban J connectivity index is 1.05. The highest BCUT2D eigenvalue weighted by molar-refractivity contribution is 7.23. The minimum absolute atomic E-state index is 0.113. The Labute approximate surface area is 269 Å². The number of hydrogen-bond donors (Lipinski definition) is 1. The van der Waals surface area contributed by atoms with E-state index >= 15 is 0 Å². The number of anilines is 3. The Bertz CT molecular complexity index is 1770. The maximum Gasteiger partial charge on any atom is 0.348 e. The number of nitrogens with one attached hydrogen (secondary N) is 1. The minimum atomic E-state index is -0.312. The SMILES string of the molecule is CCOC(=O)c1cc2c(s1)-c1sccc1N(C(=O)c1ccc(NC(=O)c3cc(C)cnc3N3CC4(CCOCC4)C3)cc1)CC2. The molecule has 1 aromatic carbocycles. The van der Waals surface area contributed by atoms with E-state index < -0.39 is 0 Å². The number of fused-ring (bicyclic) bond motifs is 3. The van der Waals surface area contributed by atoms with Crippen LogP contribution >= 0.6 is 22.7 Å². The average Bonchev–Trinajstić information content (AvgIpc) is 3.66. The number of hydrogen-bond acceptors (Lipinski definition) is 9. The van der Waals surface area contributed by atoms with Crippen molar-refractivity contribution in [2.75, 3.05) is 54.6 Å². The van der Waals surface area contributed by atoms with Crippen molar-refractivity contribution < 1.29 is 23.9 Å². The highest BCUT2D eigenvalue weighted by Gasteiger charge is 2.45. The lowest BCUT2D eigenvalue weighted by Gasteiger charge is -2.53. The highest BCUT2D eigenvalue weighted by Crippen LogP contribution is 2.45. The van der Waals surface area contributed by atoms with Crippen LogP contribution in [0.3, 0.4) is 0 Å². The van der Waals surface area contributed by atoms with E-state index in [0.29, 0.717) is 47.1 Å². The van der Waals surface area contributed by atoms with E-state index in [9.17, 15) is 14.4 Å². The van der Waals surface area contributed by atoms with E-state index in [1.54, 1.807) is 47.4 Å². The third-order valence-corrected chi connectivity index (χ3v) is 11.0. The Morgan fingerprint density at radius 2 is 1.84 bits per heavy atom. The first-order chi connectivity index (χ1) is 21.8. The van der Waals surface area contributed by atoms with Crippen molar-refractivity contribution in [2.45, 2.75) is 33.1 Å². The summed E-state index contributed by atoms with van der Waals surface area (Å²) in [5.74, 6) is 0.0560. The van der Waals surface area contributed by atoms with E-state index in [4.69, 9.17) is 9.47 Å². The smallest absolute Gasteiger partial charge is 0.348 e. The maximum atomic E-state index is 13.8. The Hall–Kier alpha value is -4.06. The van der Waals surface area contributed by atoms with Crippen LogP contribution in [0, 0.1) is 12.3 Å². The molecule has 3 aliphatic rings. The number of carbonyl (C=O) groups excluding carboxylic acids is 3. The van der Waals surface area contributed by atoms with E-state index in [1.807, 2.05) is 36.7 Å². The van der Waals surface area contributed by atoms with Crippen LogP contribution in [0.25, 0.3) is 9.75 Å². The second-order valence-corrected chi connectivity index (χ2v) is 13.9. The van der Waals surface area contributed by atoms with Gasteiger partial charge in [0.2, 0.25) is 0 Å². The molecule has 1 N–H and O–H groups in total. The molecule has 2 amide bonds. The van der Waals surface area contributed by atoms with Gasteiger partial charge in [-0.1, -0.05) is 0 Å². The van der Waals surface area contributed by atoms with Gasteiger partial charge >= 0.3 is 5.97 Å². The lowest BCUT2D eigenvalue weighted by molar-refractivity contribution is -0.000512. The summed E-state index contributed by atoms with van der Waals surface area (Å²) in [6.45, 7) is 7.89. The quantitative estimate of drug-likeness (QED) is 0.242. The zero-order valence-electron chi connectivity index (χ0n) is 25.3. The molecule has 0 aliphatic carbocycles. The van der Waals surface area contributed by atoms with Gasteiger partial charge in [0.1, 0.15) is 10.7 Å². The number of rotatable bonds is 6. The molecule has 4 aromatic rings. The van der Waals surface area contributed by atoms with Crippen LogP contribution in [-0.2, 0) is 15.9 Å². The fraction of sp³-hybridized carbons (Fsp3) is 0.353. The molecule has 3 aliphatic heterocycles. The predicted molar refractivity (Wildman–Crippen MR) is 177 cm³/mol. The first kappa shape index (κ1) is 29.6. The predicted octanol–water partition coefficient (Wildman–Crippen LogP) is 6.43. The Morgan fingerprint density at radius 1 is 1.07 bits per heavy atom. The molecule has 1 spiro atoms. The molecule has 0 atom stereocenters. The van der Waals surface area contributed by atoms with Crippen molar-refractivity contribution in [3.63, 3.8) is 0 Å². The summed E-state index contributed by atoms with van der Waals surface area (Å²) in [5.41, 5.74) is 4.75. The lowest BCUT2D eigenvalue weighted by atomic mass is 9.73. The number of ether oxygens (including phenoxy) is 2. The highest BCUT2D eigenvalue weighted by atomic mass is 32.1.